The molecule has 0 bridgehead atoms. The zero-order chi connectivity index (χ0) is 12.5. The average molecular weight is 259 g/mol. The molecule has 1 heterocycles. The summed E-state index contributed by atoms with van der Waals surface area (Å²) in [6.45, 7) is 0. The molecule has 0 fully saturated rings. The van der Waals surface area contributed by atoms with Crippen LogP contribution >= 0.6 is 11.6 Å². The summed E-state index contributed by atoms with van der Waals surface area (Å²) in [5.74, 6) is 0.775. The molecule has 3 nitrogen and oxygen atoms in total. The number of para-hydroxylation sites is 1. The van der Waals surface area contributed by atoms with Crippen LogP contribution in [-0.4, -0.2) is 16.9 Å². The highest BCUT2D eigenvalue weighted by atomic mass is 35.5. The van der Waals surface area contributed by atoms with Crippen LogP contribution in [0.1, 0.15) is 0 Å². The van der Waals surface area contributed by atoms with E-state index in [1.54, 1.807) is 11.8 Å². The van der Waals surface area contributed by atoms with Crippen molar-refractivity contribution in [3.8, 4) is 11.4 Å². The molecule has 0 radical (unpaired) electrons. The Morgan fingerprint density at radius 1 is 1.11 bits per heavy atom. The smallest absolute Gasteiger partial charge is 0.140 e. The van der Waals surface area contributed by atoms with E-state index in [2.05, 4.69) is 5.10 Å². The van der Waals surface area contributed by atoms with Gasteiger partial charge >= 0.3 is 0 Å². The van der Waals surface area contributed by atoms with Crippen molar-refractivity contribution in [1.29, 1.82) is 0 Å². The summed E-state index contributed by atoms with van der Waals surface area (Å²) in [5, 5.41) is 5.97. The molecule has 0 N–H and O–H groups in total. The Hall–Kier alpha value is -2.00. The first-order valence-corrected chi connectivity index (χ1v) is 5.95. The molecule has 18 heavy (non-hydrogen) atoms. The zero-order valence-electron chi connectivity index (χ0n) is 9.80. The Morgan fingerprint density at radius 2 is 1.89 bits per heavy atom. The third-order valence-electron chi connectivity index (χ3n) is 2.82. The number of hydrogen-bond donors (Lipinski definition) is 0. The lowest BCUT2D eigenvalue weighted by atomic mass is 10.2. The van der Waals surface area contributed by atoms with Gasteiger partial charge in [0.15, 0.2) is 0 Å². The molecule has 0 saturated carbocycles. The summed E-state index contributed by atoms with van der Waals surface area (Å²) in [6, 6.07) is 15.5. The van der Waals surface area contributed by atoms with E-state index in [-0.39, 0.29) is 0 Å². The van der Waals surface area contributed by atoms with E-state index >= 15 is 0 Å². The quantitative estimate of drug-likeness (QED) is 0.701. The van der Waals surface area contributed by atoms with Crippen molar-refractivity contribution < 1.29 is 4.74 Å². The molecular weight excluding hydrogens is 248 g/mol. The Kier molecular flexibility index (Phi) is 2.68. The summed E-state index contributed by atoms with van der Waals surface area (Å²) in [5.41, 5.74) is 1.79. The number of methoxy groups -OCH3 is 1. The number of ether oxygens (including phenoxy) is 1. The van der Waals surface area contributed by atoms with Crippen molar-refractivity contribution >= 4 is 22.5 Å². The van der Waals surface area contributed by atoms with E-state index in [1.807, 2.05) is 48.5 Å². The van der Waals surface area contributed by atoms with Gasteiger partial charge in [0.1, 0.15) is 10.9 Å². The minimum absolute atomic E-state index is 0.593. The summed E-state index contributed by atoms with van der Waals surface area (Å²) in [4.78, 5) is 0. The van der Waals surface area contributed by atoms with Crippen LogP contribution in [0.4, 0.5) is 0 Å². The predicted molar refractivity (Wildman–Crippen MR) is 72.6 cm³/mol. The highest BCUT2D eigenvalue weighted by Gasteiger charge is 2.11. The maximum absolute atomic E-state index is 6.37. The molecule has 4 heteroatoms. The second-order valence-electron chi connectivity index (χ2n) is 3.92. The predicted octanol–water partition coefficient (Wildman–Crippen LogP) is 3.69. The highest BCUT2D eigenvalue weighted by molar-refractivity contribution is 6.34. The second-order valence-corrected chi connectivity index (χ2v) is 4.28. The molecule has 0 atom stereocenters. The van der Waals surface area contributed by atoms with Gasteiger partial charge in [-0.15, -0.1) is 0 Å². The molecule has 2 aromatic carbocycles. The molecule has 0 spiro atoms. The number of aromatic nitrogens is 2. The average Bonchev–Trinajstić information content (AvgIpc) is 2.77. The van der Waals surface area contributed by atoms with Gasteiger partial charge < -0.3 is 4.74 Å². The molecule has 0 amide bonds. The maximum atomic E-state index is 6.37. The third kappa shape index (κ3) is 1.73. The molecular formula is C14H11ClN2O. The van der Waals surface area contributed by atoms with E-state index in [1.165, 1.54) is 0 Å². The molecule has 90 valence electrons. The molecule has 0 aliphatic rings. The fourth-order valence-corrected chi connectivity index (χ4v) is 2.19. The Bertz CT molecular complexity index is 692. The largest absolute Gasteiger partial charge is 0.497 e. The van der Waals surface area contributed by atoms with Gasteiger partial charge in [0.2, 0.25) is 0 Å². The highest BCUT2D eigenvalue weighted by Crippen LogP contribution is 2.29. The van der Waals surface area contributed by atoms with Gasteiger partial charge in [-0.05, 0) is 30.3 Å². The summed E-state index contributed by atoms with van der Waals surface area (Å²) >= 11 is 6.37. The van der Waals surface area contributed by atoms with Crippen molar-refractivity contribution in [3.05, 3.63) is 53.7 Å². The number of fused-ring (bicyclic) bond motifs is 1. The van der Waals surface area contributed by atoms with Crippen molar-refractivity contribution in [1.82, 2.24) is 9.78 Å². The molecule has 0 saturated heterocycles. The molecule has 3 rings (SSSR count). The minimum atomic E-state index is 0.593. The third-order valence-corrected chi connectivity index (χ3v) is 3.18. The molecule has 0 aliphatic carbocycles. The van der Waals surface area contributed by atoms with Crippen LogP contribution in [0.15, 0.2) is 48.5 Å². The van der Waals surface area contributed by atoms with E-state index in [0.717, 1.165) is 22.3 Å². The Balaban J connectivity index is 2.23. The Morgan fingerprint density at radius 3 is 2.61 bits per heavy atom. The number of hydrogen-bond acceptors (Lipinski definition) is 2. The number of nitrogens with zero attached hydrogens (tertiary/aromatic N) is 2. The minimum Gasteiger partial charge on any atom is -0.497 e. The zero-order valence-corrected chi connectivity index (χ0v) is 10.6. The first-order valence-electron chi connectivity index (χ1n) is 5.57. The molecule has 0 unspecified atom stereocenters. The normalized spacial score (nSPS) is 10.8. The van der Waals surface area contributed by atoms with Crippen LogP contribution in [0, 0.1) is 0 Å². The van der Waals surface area contributed by atoms with Crippen molar-refractivity contribution in [2.75, 3.05) is 7.11 Å². The first kappa shape index (κ1) is 11.1. The van der Waals surface area contributed by atoms with Crippen molar-refractivity contribution in [3.63, 3.8) is 0 Å². The van der Waals surface area contributed by atoms with Crippen LogP contribution in [0.5, 0.6) is 5.75 Å². The lowest BCUT2D eigenvalue weighted by molar-refractivity contribution is 0.415. The number of benzene rings is 2. The van der Waals surface area contributed by atoms with Gasteiger partial charge in [-0.25, -0.2) is 4.68 Å². The van der Waals surface area contributed by atoms with Gasteiger partial charge in [0, 0.05) is 5.39 Å². The monoisotopic (exact) mass is 258 g/mol. The van der Waals surface area contributed by atoms with E-state index in [0.29, 0.717) is 5.15 Å². The van der Waals surface area contributed by atoms with Crippen LogP contribution < -0.4 is 4.74 Å². The van der Waals surface area contributed by atoms with Gasteiger partial charge in [-0.1, -0.05) is 29.8 Å². The number of halogens is 1. The van der Waals surface area contributed by atoms with Gasteiger partial charge in [-0.3, -0.25) is 0 Å². The summed E-state index contributed by atoms with van der Waals surface area (Å²) in [6.07, 6.45) is 0. The fourth-order valence-electron chi connectivity index (χ4n) is 1.90. The second kappa shape index (κ2) is 4.35. The SMILES string of the molecule is COc1ccc2nn(-c3ccccc3)c(Cl)c2c1. The lowest BCUT2D eigenvalue weighted by Gasteiger charge is -2.01. The van der Waals surface area contributed by atoms with Crippen molar-refractivity contribution in [2.45, 2.75) is 0 Å². The summed E-state index contributed by atoms with van der Waals surface area (Å²) < 4.78 is 6.92. The van der Waals surface area contributed by atoms with E-state index in [4.69, 9.17) is 16.3 Å². The number of rotatable bonds is 2. The van der Waals surface area contributed by atoms with Crippen LogP contribution in [0.2, 0.25) is 5.15 Å². The molecule has 3 aromatic rings. The van der Waals surface area contributed by atoms with Crippen LogP contribution in [-0.2, 0) is 0 Å². The van der Waals surface area contributed by atoms with Crippen molar-refractivity contribution in [2.24, 2.45) is 0 Å². The van der Waals surface area contributed by atoms with Gasteiger partial charge in [0.05, 0.1) is 18.3 Å². The fraction of sp³-hybridized carbons (Fsp3) is 0.0714. The topological polar surface area (TPSA) is 27.1 Å². The maximum Gasteiger partial charge on any atom is 0.140 e. The lowest BCUT2D eigenvalue weighted by Crippen LogP contribution is -1.94. The summed E-state index contributed by atoms with van der Waals surface area (Å²) in [7, 11) is 1.64. The van der Waals surface area contributed by atoms with Gasteiger partial charge in [-0.2, -0.15) is 5.10 Å². The van der Waals surface area contributed by atoms with Crippen LogP contribution in [0.25, 0.3) is 16.6 Å². The van der Waals surface area contributed by atoms with E-state index in [9.17, 15) is 0 Å². The molecule has 0 aliphatic heterocycles. The van der Waals surface area contributed by atoms with Gasteiger partial charge in [0.25, 0.3) is 0 Å². The first-order chi connectivity index (χ1) is 8.79. The van der Waals surface area contributed by atoms with E-state index < -0.39 is 0 Å². The Labute approximate surface area is 110 Å². The van der Waals surface area contributed by atoms with Crippen LogP contribution in [0.3, 0.4) is 0 Å². The molecule has 1 aromatic heterocycles. The standard InChI is InChI=1S/C14H11ClN2O/c1-18-11-7-8-13-12(9-11)14(15)17(16-13)10-5-3-2-4-6-10/h2-9H,1H3.